The average Bonchev–Trinajstić information content (AvgIpc) is 3.26. The normalized spacial score (nSPS) is 14.8. The Kier molecular flexibility index (Phi) is 7.88. The Hall–Kier alpha value is -4.90. The van der Waals surface area contributed by atoms with Gasteiger partial charge in [-0.25, -0.2) is 14.2 Å². The highest BCUT2D eigenvalue weighted by Crippen LogP contribution is 2.30. The molecule has 208 valence electrons. The molecule has 0 N–H and O–H groups in total. The second kappa shape index (κ2) is 11.7. The van der Waals surface area contributed by atoms with Gasteiger partial charge in [0.15, 0.2) is 4.80 Å². The quantitative estimate of drug-likeness (QED) is 0.175. The molecule has 0 saturated carbocycles. The van der Waals surface area contributed by atoms with Crippen molar-refractivity contribution in [2.45, 2.75) is 26.5 Å². The molecule has 41 heavy (non-hydrogen) atoms. The van der Waals surface area contributed by atoms with Gasteiger partial charge in [0.2, 0.25) is 0 Å². The number of benzene rings is 3. The van der Waals surface area contributed by atoms with Crippen molar-refractivity contribution in [3.8, 4) is 5.75 Å². The number of carbonyl (C=O) groups excluding carboxylic acids is 1. The predicted molar refractivity (Wildman–Crippen MR) is 151 cm³/mol. The maximum atomic E-state index is 13.7. The van der Waals surface area contributed by atoms with Crippen LogP contribution in [0.1, 0.15) is 36.6 Å². The van der Waals surface area contributed by atoms with E-state index in [1.54, 1.807) is 62.4 Å². The van der Waals surface area contributed by atoms with Gasteiger partial charge >= 0.3 is 5.97 Å². The number of allylic oxidation sites excluding steroid dienone is 1. The van der Waals surface area contributed by atoms with Crippen molar-refractivity contribution >= 4 is 29.1 Å². The molecule has 1 aliphatic heterocycles. The van der Waals surface area contributed by atoms with Gasteiger partial charge in [-0.2, -0.15) is 0 Å². The summed E-state index contributed by atoms with van der Waals surface area (Å²) in [5, 5.41) is 10.9. The average molecular weight is 574 g/mol. The van der Waals surface area contributed by atoms with Crippen LogP contribution < -0.4 is 19.6 Å². The summed E-state index contributed by atoms with van der Waals surface area (Å²) in [5.74, 6) is -0.472. The van der Waals surface area contributed by atoms with E-state index in [1.165, 1.54) is 40.2 Å². The van der Waals surface area contributed by atoms with Crippen LogP contribution in [0.5, 0.6) is 5.75 Å². The third-order valence-corrected chi connectivity index (χ3v) is 7.39. The summed E-state index contributed by atoms with van der Waals surface area (Å²) in [7, 11) is 0. The topological polar surface area (TPSA) is 113 Å². The van der Waals surface area contributed by atoms with E-state index in [0.29, 0.717) is 31.9 Å². The molecule has 0 unspecified atom stereocenters. The lowest BCUT2D eigenvalue weighted by Crippen LogP contribution is -2.39. The monoisotopic (exact) mass is 573 g/mol. The molecule has 1 aliphatic rings. The molecule has 0 bridgehead atoms. The first-order valence-corrected chi connectivity index (χ1v) is 13.5. The number of esters is 1. The second-order valence-electron chi connectivity index (χ2n) is 9.14. The zero-order valence-corrected chi connectivity index (χ0v) is 22.9. The Morgan fingerprint density at radius 1 is 1.15 bits per heavy atom. The van der Waals surface area contributed by atoms with E-state index in [-0.39, 0.29) is 30.0 Å². The number of halogens is 1. The number of nitro benzene ring substituents is 1. The molecule has 4 aromatic rings. The Labute approximate surface area is 237 Å². The zero-order valence-electron chi connectivity index (χ0n) is 22.1. The number of carbonyl (C=O) groups is 1. The summed E-state index contributed by atoms with van der Waals surface area (Å²) >= 11 is 1.18. The van der Waals surface area contributed by atoms with Gasteiger partial charge in [-0.3, -0.25) is 19.5 Å². The lowest BCUT2D eigenvalue weighted by atomic mass is 9.96. The summed E-state index contributed by atoms with van der Waals surface area (Å²) in [6.45, 7) is 3.74. The maximum absolute atomic E-state index is 13.7. The van der Waals surface area contributed by atoms with Crippen LogP contribution in [0.15, 0.2) is 93.9 Å². The van der Waals surface area contributed by atoms with Gasteiger partial charge in [-0.1, -0.05) is 35.6 Å². The van der Waals surface area contributed by atoms with Gasteiger partial charge in [-0.15, -0.1) is 0 Å². The number of fused-ring (bicyclic) bond motifs is 1. The lowest BCUT2D eigenvalue weighted by Gasteiger charge is -2.24. The molecule has 1 aromatic heterocycles. The summed E-state index contributed by atoms with van der Waals surface area (Å²) in [4.78, 5) is 42.0. The zero-order chi connectivity index (χ0) is 29.1. The van der Waals surface area contributed by atoms with Crippen LogP contribution in [0.4, 0.5) is 10.1 Å². The minimum absolute atomic E-state index is 0.00320. The van der Waals surface area contributed by atoms with Crippen LogP contribution in [0.2, 0.25) is 0 Å². The van der Waals surface area contributed by atoms with Crippen LogP contribution in [-0.2, 0) is 16.1 Å². The molecule has 0 spiro atoms. The van der Waals surface area contributed by atoms with Crippen LogP contribution in [-0.4, -0.2) is 22.1 Å². The summed E-state index contributed by atoms with van der Waals surface area (Å²) < 4.78 is 26.7. The van der Waals surface area contributed by atoms with Crippen molar-refractivity contribution in [1.29, 1.82) is 0 Å². The first-order valence-electron chi connectivity index (χ1n) is 12.7. The standard InChI is InChI=1S/C30H24FN3O6S/c1-3-39-29(36)26-18(2)32-30-33(27(26)21-9-11-22(31)12-10-21)28(35)25(41-30)16-20-5-4-6-24(15-20)40-17-19-7-13-23(14-8-19)34(37)38/h4-16,27H,3,17H2,1-2H3/b25-16-/t27-/m1/s1. The van der Waals surface area contributed by atoms with Gasteiger partial charge in [0.25, 0.3) is 11.2 Å². The first kappa shape index (κ1) is 27.7. The fourth-order valence-electron chi connectivity index (χ4n) is 4.48. The van der Waals surface area contributed by atoms with Gasteiger partial charge in [0, 0.05) is 12.1 Å². The minimum Gasteiger partial charge on any atom is -0.489 e. The molecule has 1 atom stereocenters. The van der Waals surface area contributed by atoms with Crippen molar-refractivity contribution in [3.05, 3.63) is 136 Å². The fourth-order valence-corrected chi connectivity index (χ4v) is 5.52. The van der Waals surface area contributed by atoms with Crippen LogP contribution in [0, 0.1) is 15.9 Å². The van der Waals surface area contributed by atoms with Gasteiger partial charge in [-0.05, 0) is 73.0 Å². The highest BCUT2D eigenvalue weighted by Gasteiger charge is 2.33. The van der Waals surface area contributed by atoms with E-state index >= 15 is 0 Å². The summed E-state index contributed by atoms with van der Waals surface area (Å²) in [6.07, 6.45) is 1.72. The number of nitrogens with zero attached hydrogens (tertiary/aromatic N) is 3. The Morgan fingerprint density at radius 2 is 1.88 bits per heavy atom. The van der Waals surface area contributed by atoms with Crippen molar-refractivity contribution in [2.75, 3.05) is 6.61 Å². The number of ether oxygens (including phenoxy) is 2. The fraction of sp³-hybridized carbons (Fsp3) is 0.167. The Balaban J connectivity index is 1.49. The van der Waals surface area contributed by atoms with Crippen LogP contribution in [0.3, 0.4) is 0 Å². The number of non-ortho nitro benzene ring substituents is 1. The lowest BCUT2D eigenvalue weighted by molar-refractivity contribution is -0.384. The van der Waals surface area contributed by atoms with Crippen molar-refractivity contribution in [2.24, 2.45) is 4.99 Å². The van der Waals surface area contributed by atoms with Crippen LogP contribution >= 0.6 is 11.3 Å². The van der Waals surface area contributed by atoms with E-state index in [9.17, 15) is 24.1 Å². The number of aromatic nitrogens is 1. The van der Waals surface area contributed by atoms with Crippen molar-refractivity contribution in [3.63, 3.8) is 0 Å². The van der Waals surface area contributed by atoms with E-state index in [1.807, 2.05) is 6.07 Å². The van der Waals surface area contributed by atoms with E-state index < -0.39 is 22.8 Å². The van der Waals surface area contributed by atoms with Crippen molar-refractivity contribution in [1.82, 2.24) is 4.57 Å². The first-order chi connectivity index (χ1) is 19.7. The smallest absolute Gasteiger partial charge is 0.338 e. The molecule has 9 nitrogen and oxygen atoms in total. The predicted octanol–water partition coefficient (Wildman–Crippen LogP) is 4.42. The largest absolute Gasteiger partial charge is 0.489 e. The maximum Gasteiger partial charge on any atom is 0.338 e. The Morgan fingerprint density at radius 3 is 2.56 bits per heavy atom. The minimum atomic E-state index is -0.829. The highest BCUT2D eigenvalue weighted by molar-refractivity contribution is 7.07. The molecule has 0 radical (unpaired) electrons. The molecule has 0 saturated heterocycles. The number of nitro groups is 1. The molecular weight excluding hydrogens is 549 g/mol. The number of thiazole rings is 1. The molecule has 5 rings (SSSR count). The SMILES string of the molecule is CCOC(=O)C1=C(C)N=c2s/c(=C\c3cccc(OCc4ccc([N+](=O)[O-])cc4)c3)c(=O)n2[C@@H]1c1ccc(F)cc1. The van der Waals surface area contributed by atoms with Gasteiger partial charge < -0.3 is 9.47 Å². The number of hydrogen-bond donors (Lipinski definition) is 0. The van der Waals surface area contributed by atoms with Crippen molar-refractivity contribution < 1.29 is 23.6 Å². The molecule has 3 aromatic carbocycles. The third kappa shape index (κ3) is 5.85. The highest BCUT2D eigenvalue weighted by atomic mass is 32.1. The molecule has 11 heteroatoms. The summed E-state index contributed by atoms with van der Waals surface area (Å²) in [6, 6.07) is 18.1. The molecule has 2 heterocycles. The van der Waals surface area contributed by atoms with E-state index in [2.05, 4.69) is 4.99 Å². The third-order valence-electron chi connectivity index (χ3n) is 6.41. The molecule has 0 amide bonds. The van der Waals surface area contributed by atoms with E-state index in [0.717, 1.165) is 5.56 Å². The molecular formula is C30H24FN3O6S. The molecule has 0 fully saturated rings. The Bertz CT molecular complexity index is 1840. The molecule has 0 aliphatic carbocycles. The number of hydrogen-bond acceptors (Lipinski definition) is 8. The summed E-state index contributed by atoms with van der Waals surface area (Å²) in [5.41, 5.74) is 2.32. The number of rotatable bonds is 8. The van der Waals surface area contributed by atoms with E-state index in [4.69, 9.17) is 9.47 Å². The van der Waals surface area contributed by atoms with Gasteiger partial charge in [0.05, 0.1) is 33.4 Å². The van der Waals surface area contributed by atoms with Gasteiger partial charge in [0.1, 0.15) is 18.2 Å². The van der Waals surface area contributed by atoms with Crippen LogP contribution in [0.25, 0.3) is 6.08 Å². The second-order valence-corrected chi connectivity index (χ2v) is 10.1.